The van der Waals surface area contributed by atoms with Crippen LogP contribution in [0, 0.1) is 0 Å². The first-order valence-electron chi connectivity index (χ1n) is 17.1. The lowest BCUT2D eigenvalue weighted by Gasteiger charge is -2.24. The standard InChI is InChI=1S/C47H33N3/c1-5-15-32(16-6-1)41-31-45(50-47-40(41)27-25-36-26-28-42(49-46(36)47)33-17-7-2-8-18-33)39-24-14-13-23-38(39)37-29-43(34-19-9-3-10-20-34)48-44(30-37)35-21-11-4-12-22-35/h1-29,31,37H,30H2. The van der Waals surface area contributed by atoms with Crippen LogP contribution in [0.1, 0.15) is 29.0 Å². The molecule has 0 amide bonds. The molecule has 2 aromatic heterocycles. The van der Waals surface area contributed by atoms with Gasteiger partial charge in [-0.1, -0.05) is 170 Å². The summed E-state index contributed by atoms with van der Waals surface area (Å²) in [6, 6.07) is 61.7. The lowest BCUT2D eigenvalue weighted by Crippen LogP contribution is -2.13. The van der Waals surface area contributed by atoms with Crippen molar-refractivity contribution in [2.24, 2.45) is 4.99 Å². The zero-order chi connectivity index (χ0) is 33.3. The van der Waals surface area contributed by atoms with Crippen molar-refractivity contribution < 1.29 is 0 Å². The van der Waals surface area contributed by atoms with E-state index in [1.807, 2.05) is 6.07 Å². The molecule has 0 radical (unpaired) electrons. The molecule has 1 atom stereocenters. The highest BCUT2D eigenvalue weighted by atomic mass is 14.8. The van der Waals surface area contributed by atoms with E-state index in [4.69, 9.17) is 15.0 Å². The highest BCUT2D eigenvalue weighted by Crippen LogP contribution is 2.41. The van der Waals surface area contributed by atoms with Gasteiger partial charge in [0, 0.05) is 39.9 Å². The molecule has 0 saturated heterocycles. The van der Waals surface area contributed by atoms with Gasteiger partial charge in [-0.25, -0.2) is 9.97 Å². The number of pyridine rings is 2. The topological polar surface area (TPSA) is 38.1 Å². The molecular weight excluding hydrogens is 607 g/mol. The van der Waals surface area contributed by atoms with Crippen LogP contribution in [0.5, 0.6) is 0 Å². The number of allylic oxidation sites excluding steroid dienone is 1. The molecule has 8 aromatic rings. The van der Waals surface area contributed by atoms with E-state index in [2.05, 4.69) is 176 Å². The molecule has 236 valence electrons. The van der Waals surface area contributed by atoms with Crippen LogP contribution in [-0.2, 0) is 0 Å². The molecule has 9 rings (SSSR count). The Morgan fingerprint density at radius 1 is 0.440 bits per heavy atom. The van der Waals surface area contributed by atoms with E-state index >= 15 is 0 Å². The molecule has 0 N–H and O–H groups in total. The summed E-state index contributed by atoms with van der Waals surface area (Å²) in [5.41, 5.74) is 13.8. The van der Waals surface area contributed by atoms with Crippen molar-refractivity contribution in [3.63, 3.8) is 0 Å². The van der Waals surface area contributed by atoms with Crippen molar-refractivity contribution in [1.29, 1.82) is 0 Å². The highest BCUT2D eigenvalue weighted by Gasteiger charge is 2.24. The molecule has 3 nitrogen and oxygen atoms in total. The third kappa shape index (κ3) is 5.59. The van der Waals surface area contributed by atoms with E-state index in [9.17, 15) is 0 Å². The molecular formula is C47H33N3. The van der Waals surface area contributed by atoms with Crippen molar-refractivity contribution in [2.75, 3.05) is 0 Å². The first-order valence-corrected chi connectivity index (χ1v) is 17.1. The van der Waals surface area contributed by atoms with E-state index in [-0.39, 0.29) is 5.92 Å². The van der Waals surface area contributed by atoms with E-state index in [1.165, 1.54) is 5.56 Å². The van der Waals surface area contributed by atoms with Gasteiger partial charge in [0.25, 0.3) is 0 Å². The highest BCUT2D eigenvalue weighted by molar-refractivity contribution is 6.10. The molecule has 1 aliphatic heterocycles. The quantitative estimate of drug-likeness (QED) is 0.170. The molecule has 0 saturated carbocycles. The summed E-state index contributed by atoms with van der Waals surface area (Å²) in [7, 11) is 0. The minimum absolute atomic E-state index is 0.0992. The smallest absolute Gasteiger partial charge is 0.0978 e. The van der Waals surface area contributed by atoms with Gasteiger partial charge in [0.1, 0.15) is 0 Å². The minimum Gasteiger partial charge on any atom is -0.252 e. The first kappa shape index (κ1) is 29.7. The summed E-state index contributed by atoms with van der Waals surface area (Å²) < 4.78 is 0. The fraction of sp³-hybridized carbons (Fsp3) is 0.0426. The summed E-state index contributed by atoms with van der Waals surface area (Å²) in [5, 5.41) is 2.16. The monoisotopic (exact) mass is 639 g/mol. The van der Waals surface area contributed by atoms with Crippen LogP contribution in [0.4, 0.5) is 0 Å². The molecule has 0 fully saturated rings. The first-order chi connectivity index (χ1) is 24.8. The molecule has 0 bridgehead atoms. The Balaban J connectivity index is 1.26. The average Bonchev–Trinajstić information content (AvgIpc) is 3.21. The fourth-order valence-electron chi connectivity index (χ4n) is 7.16. The fourth-order valence-corrected chi connectivity index (χ4v) is 7.16. The summed E-state index contributed by atoms with van der Waals surface area (Å²) in [6.45, 7) is 0. The van der Waals surface area contributed by atoms with Crippen molar-refractivity contribution >= 4 is 33.2 Å². The number of fused-ring (bicyclic) bond motifs is 3. The molecule has 6 aromatic carbocycles. The Morgan fingerprint density at radius 2 is 1.02 bits per heavy atom. The molecule has 0 spiro atoms. The number of nitrogens with zero attached hydrogens (tertiary/aromatic N) is 3. The maximum atomic E-state index is 5.49. The van der Waals surface area contributed by atoms with Crippen molar-refractivity contribution in [1.82, 2.24) is 9.97 Å². The lowest BCUT2D eigenvalue weighted by molar-refractivity contribution is 0.881. The van der Waals surface area contributed by atoms with E-state index in [0.29, 0.717) is 0 Å². The van der Waals surface area contributed by atoms with E-state index in [1.54, 1.807) is 0 Å². The summed E-state index contributed by atoms with van der Waals surface area (Å²) in [5.74, 6) is 0.0992. The summed E-state index contributed by atoms with van der Waals surface area (Å²) in [4.78, 5) is 16.0. The Kier molecular flexibility index (Phi) is 7.64. The second kappa shape index (κ2) is 12.9. The van der Waals surface area contributed by atoms with Gasteiger partial charge in [-0.05, 0) is 39.9 Å². The Hall–Kier alpha value is -6.45. The lowest BCUT2D eigenvalue weighted by atomic mass is 9.84. The second-order valence-corrected chi connectivity index (χ2v) is 12.8. The van der Waals surface area contributed by atoms with Crippen LogP contribution < -0.4 is 0 Å². The molecule has 0 aliphatic carbocycles. The van der Waals surface area contributed by atoms with Gasteiger partial charge in [-0.15, -0.1) is 0 Å². The van der Waals surface area contributed by atoms with Gasteiger partial charge in [-0.2, -0.15) is 0 Å². The molecule has 1 aliphatic rings. The van der Waals surface area contributed by atoms with Crippen LogP contribution in [0.2, 0.25) is 0 Å². The van der Waals surface area contributed by atoms with Crippen LogP contribution >= 0.6 is 0 Å². The Bertz CT molecular complexity index is 2540. The zero-order valence-electron chi connectivity index (χ0n) is 27.4. The number of rotatable bonds is 6. The maximum absolute atomic E-state index is 5.49. The Morgan fingerprint density at radius 3 is 1.74 bits per heavy atom. The van der Waals surface area contributed by atoms with Gasteiger partial charge < -0.3 is 0 Å². The number of aromatic nitrogens is 2. The van der Waals surface area contributed by atoms with Crippen molar-refractivity contribution in [3.8, 4) is 33.6 Å². The van der Waals surface area contributed by atoms with Crippen molar-refractivity contribution in [3.05, 3.63) is 199 Å². The summed E-state index contributed by atoms with van der Waals surface area (Å²) in [6.07, 6.45) is 3.13. The van der Waals surface area contributed by atoms with Crippen LogP contribution in [0.15, 0.2) is 187 Å². The predicted octanol–water partition coefficient (Wildman–Crippen LogP) is 11.8. The van der Waals surface area contributed by atoms with Gasteiger partial charge in [0.2, 0.25) is 0 Å². The molecule has 50 heavy (non-hydrogen) atoms. The van der Waals surface area contributed by atoms with Crippen LogP contribution in [-0.4, -0.2) is 15.7 Å². The van der Waals surface area contributed by atoms with Gasteiger partial charge in [-0.3, -0.25) is 4.99 Å². The third-order valence-corrected chi connectivity index (χ3v) is 9.63. The van der Waals surface area contributed by atoms with Crippen molar-refractivity contribution in [2.45, 2.75) is 12.3 Å². The molecule has 1 unspecified atom stereocenters. The number of hydrogen-bond acceptors (Lipinski definition) is 3. The molecule has 3 heteroatoms. The Labute approximate surface area is 292 Å². The van der Waals surface area contributed by atoms with Crippen LogP contribution in [0.25, 0.3) is 61.1 Å². The maximum Gasteiger partial charge on any atom is 0.0978 e. The van der Waals surface area contributed by atoms with Crippen LogP contribution in [0.3, 0.4) is 0 Å². The minimum atomic E-state index is 0.0992. The molecule has 3 heterocycles. The number of benzene rings is 6. The van der Waals surface area contributed by atoms with E-state index < -0.39 is 0 Å². The SMILES string of the molecule is C1=C(c2ccccc2)N=C(c2ccccc2)CC1c1ccccc1-c1cc(-c2ccccc2)c2ccc3ccc(-c4ccccc4)nc3c2n1. The normalized spacial score (nSPS) is 14.4. The number of aliphatic imine (C=N–C) groups is 1. The average molecular weight is 640 g/mol. The van der Waals surface area contributed by atoms with E-state index in [0.717, 1.165) is 84.4 Å². The van der Waals surface area contributed by atoms with Gasteiger partial charge >= 0.3 is 0 Å². The third-order valence-electron chi connectivity index (χ3n) is 9.63. The predicted molar refractivity (Wildman–Crippen MR) is 208 cm³/mol. The number of hydrogen-bond donors (Lipinski definition) is 0. The van der Waals surface area contributed by atoms with Gasteiger partial charge in [0.15, 0.2) is 0 Å². The second-order valence-electron chi connectivity index (χ2n) is 12.8. The van der Waals surface area contributed by atoms with Gasteiger partial charge in [0.05, 0.1) is 28.1 Å². The summed E-state index contributed by atoms with van der Waals surface area (Å²) >= 11 is 0. The zero-order valence-corrected chi connectivity index (χ0v) is 27.4. The largest absolute Gasteiger partial charge is 0.252 e.